The highest BCUT2D eigenvalue weighted by Crippen LogP contribution is 2.34. The molecule has 0 spiro atoms. The molecule has 0 radical (unpaired) electrons. The molecule has 33 heavy (non-hydrogen) atoms. The molecule has 2 aromatic heterocycles. The topological polar surface area (TPSA) is 124 Å². The van der Waals surface area contributed by atoms with Crippen molar-refractivity contribution in [1.82, 2.24) is 19.5 Å². The molecule has 0 aliphatic carbocycles. The van der Waals surface area contributed by atoms with Gasteiger partial charge in [-0.1, -0.05) is 11.8 Å². The predicted molar refractivity (Wildman–Crippen MR) is 121 cm³/mol. The molecule has 3 N–H and O–H groups in total. The van der Waals surface area contributed by atoms with E-state index in [0.29, 0.717) is 53.5 Å². The number of ether oxygens (including phenoxy) is 3. The number of hydrogen-bond donors (Lipinski definition) is 2. The molecule has 2 atom stereocenters. The van der Waals surface area contributed by atoms with Crippen LogP contribution in [0.3, 0.4) is 0 Å². The zero-order chi connectivity index (χ0) is 23.5. The molecule has 10 heteroatoms. The van der Waals surface area contributed by atoms with Gasteiger partial charge in [0.15, 0.2) is 5.82 Å². The van der Waals surface area contributed by atoms with Gasteiger partial charge in [-0.3, -0.25) is 0 Å². The summed E-state index contributed by atoms with van der Waals surface area (Å²) in [6.45, 7) is 0.660. The number of methoxy groups -OCH3 is 3. The van der Waals surface area contributed by atoms with E-state index < -0.39 is 6.09 Å². The number of hydrogen-bond acceptors (Lipinski definition) is 7. The Morgan fingerprint density at radius 2 is 1.91 bits per heavy atom. The first kappa shape index (κ1) is 22.2. The average Bonchev–Trinajstić information content (AvgIpc) is 3.40. The molecular weight excluding hydrogens is 426 g/mol. The summed E-state index contributed by atoms with van der Waals surface area (Å²) in [4.78, 5) is 17.3. The second-order valence-electron chi connectivity index (χ2n) is 7.72. The Morgan fingerprint density at radius 3 is 2.55 bits per heavy atom. The van der Waals surface area contributed by atoms with Crippen LogP contribution in [0.5, 0.6) is 11.5 Å². The van der Waals surface area contributed by atoms with Gasteiger partial charge in [0.1, 0.15) is 23.3 Å². The van der Waals surface area contributed by atoms with Crippen LogP contribution in [0.2, 0.25) is 0 Å². The molecule has 1 fully saturated rings. The number of nitrogens with zero attached hydrogens (tertiary/aromatic N) is 4. The highest BCUT2D eigenvalue weighted by Gasteiger charge is 2.37. The van der Waals surface area contributed by atoms with E-state index in [1.165, 1.54) is 11.2 Å². The van der Waals surface area contributed by atoms with Crippen molar-refractivity contribution in [2.75, 3.05) is 40.2 Å². The van der Waals surface area contributed by atoms with Crippen molar-refractivity contribution in [1.29, 1.82) is 0 Å². The average molecular weight is 451 g/mol. The number of fused-ring (bicyclic) bond motifs is 1. The molecule has 0 saturated carbocycles. The lowest BCUT2D eigenvalue weighted by atomic mass is 10.0. The predicted octanol–water partition coefficient (Wildman–Crippen LogP) is 2.21. The van der Waals surface area contributed by atoms with Crippen molar-refractivity contribution < 1.29 is 24.1 Å². The minimum absolute atomic E-state index is 0.0875. The lowest BCUT2D eigenvalue weighted by Crippen LogP contribution is -2.37. The number of carbonyl (C=O) groups is 1. The number of benzene rings is 1. The minimum atomic E-state index is -0.971. The molecule has 4 rings (SSSR count). The number of likely N-dealkylation sites (tertiary alicyclic amines) is 1. The van der Waals surface area contributed by atoms with Crippen molar-refractivity contribution in [3.05, 3.63) is 47.4 Å². The number of carboxylic acid groups (broad SMARTS) is 1. The smallest absolute Gasteiger partial charge is 0.407 e. The first-order valence-corrected chi connectivity index (χ1v) is 10.3. The first-order valence-electron chi connectivity index (χ1n) is 10.3. The lowest BCUT2D eigenvalue weighted by molar-refractivity contribution is 0.0990. The van der Waals surface area contributed by atoms with Crippen LogP contribution < -0.4 is 15.2 Å². The molecule has 1 aliphatic heterocycles. The Balaban J connectivity index is 1.76. The molecule has 3 heterocycles. The normalized spacial score (nSPS) is 17.6. The third kappa shape index (κ3) is 4.36. The van der Waals surface area contributed by atoms with Gasteiger partial charge in [0.25, 0.3) is 0 Å². The summed E-state index contributed by atoms with van der Waals surface area (Å²) in [5, 5.41) is 14.0. The van der Waals surface area contributed by atoms with E-state index in [9.17, 15) is 9.90 Å². The van der Waals surface area contributed by atoms with E-state index >= 15 is 0 Å². The Bertz CT molecular complexity index is 1220. The molecule has 1 amide bonds. The van der Waals surface area contributed by atoms with Gasteiger partial charge >= 0.3 is 6.09 Å². The van der Waals surface area contributed by atoms with Crippen LogP contribution in [0.25, 0.3) is 5.52 Å². The molecular formula is C23H25N5O5. The van der Waals surface area contributed by atoms with Crippen LogP contribution in [0.1, 0.15) is 29.2 Å². The quantitative estimate of drug-likeness (QED) is 0.566. The van der Waals surface area contributed by atoms with Gasteiger partial charge in [-0.2, -0.15) is 5.10 Å². The fraction of sp³-hybridized carbons (Fsp3) is 0.348. The van der Waals surface area contributed by atoms with E-state index in [1.807, 2.05) is 18.2 Å². The summed E-state index contributed by atoms with van der Waals surface area (Å²) < 4.78 is 17.6. The lowest BCUT2D eigenvalue weighted by Gasteiger charge is -2.19. The van der Waals surface area contributed by atoms with E-state index in [2.05, 4.69) is 21.9 Å². The molecule has 1 unspecified atom stereocenters. The summed E-state index contributed by atoms with van der Waals surface area (Å²) in [5.74, 6) is 7.77. The van der Waals surface area contributed by atoms with Crippen molar-refractivity contribution in [2.45, 2.75) is 18.4 Å². The van der Waals surface area contributed by atoms with Crippen LogP contribution in [0.15, 0.2) is 30.6 Å². The maximum Gasteiger partial charge on any atom is 0.407 e. The number of nitrogens with two attached hydrogens (primary N) is 1. The van der Waals surface area contributed by atoms with Gasteiger partial charge in [-0.15, -0.1) is 0 Å². The largest absolute Gasteiger partial charge is 0.497 e. The molecule has 10 nitrogen and oxygen atoms in total. The SMILES string of the molecule is COC[C@H]1CC(c2cc(C#Cc3cc(OC)cc(OC)c3)c3c(N)ncnn23)CN1C(=O)O. The standard InChI is InChI=1S/C23H25N5O5/c1-31-12-17-8-16(11-27(17)23(29)30)20-9-15(21-22(24)25-13-26-28(20)21)5-4-14-6-18(32-2)10-19(7-14)33-3/h6-7,9-10,13,16-17H,8,11-12H2,1-3H3,(H,29,30)(H2,24,25,26)/t16?,17-/m1/s1. The molecule has 0 bridgehead atoms. The highest BCUT2D eigenvalue weighted by molar-refractivity contribution is 5.76. The second kappa shape index (κ2) is 9.26. The maximum atomic E-state index is 11.7. The van der Waals surface area contributed by atoms with Crippen molar-refractivity contribution in [2.24, 2.45) is 0 Å². The maximum absolute atomic E-state index is 11.7. The molecule has 1 aromatic carbocycles. The zero-order valence-electron chi connectivity index (χ0n) is 18.6. The second-order valence-corrected chi connectivity index (χ2v) is 7.72. The summed E-state index contributed by atoms with van der Waals surface area (Å²) >= 11 is 0. The molecule has 1 aliphatic rings. The van der Waals surface area contributed by atoms with Crippen molar-refractivity contribution in [3.63, 3.8) is 0 Å². The number of amides is 1. The van der Waals surface area contributed by atoms with Crippen molar-refractivity contribution >= 4 is 17.4 Å². The molecule has 3 aromatic rings. The van der Waals surface area contributed by atoms with E-state index in [-0.39, 0.29) is 12.0 Å². The van der Waals surface area contributed by atoms with Crippen molar-refractivity contribution in [3.8, 4) is 23.3 Å². The third-order valence-electron chi connectivity index (χ3n) is 5.74. The van der Waals surface area contributed by atoms with E-state index in [4.69, 9.17) is 19.9 Å². The summed E-state index contributed by atoms with van der Waals surface area (Å²) in [6, 6.07) is 7.07. The molecule has 172 valence electrons. The van der Waals surface area contributed by atoms with Crippen LogP contribution in [-0.4, -0.2) is 71.2 Å². The Hall–Kier alpha value is -3.97. The third-order valence-corrected chi connectivity index (χ3v) is 5.74. The van der Waals surface area contributed by atoms with Crippen LogP contribution in [0, 0.1) is 11.8 Å². The Morgan fingerprint density at radius 1 is 1.18 bits per heavy atom. The van der Waals surface area contributed by atoms with Gasteiger partial charge in [-0.25, -0.2) is 14.3 Å². The van der Waals surface area contributed by atoms with Gasteiger partial charge in [0.2, 0.25) is 0 Å². The number of aromatic nitrogens is 3. The Kier molecular flexibility index (Phi) is 6.24. The fourth-order valence-corrected chi connectivity index (χ4v) is 4.21. The fourth-order valence-electron chi connectivity index (χ4n) is 4.21. The first-order chi connectivity index (χ1) is 15.9. The van der Waals surface area contributed by atoms with Gasteiger partial charge < -0.3 is 30.0 Å². The summed E-state index contributed by atoms with van der Waals surface area (Å²) in [7, 11) is 4.72. The van der Waals surface area contributed by atoms with Gasteiger partial charge in [-0.05, 0) is 24.6 Å². The summed E-state index contributed by atoms with van der Waals surface area (Å²) in [5.41, 5.74) is 8.96. The van der Waals surface area contributed by atoms with E-state index in [0.717, 1.165) is 5.69 Å². The number of nitrogen functional groups attached to an aromatic ring is 1. The number of anilines is 1. The monoisotopic (exact) mass is 451 g/mol. The minimum Gasteiger partial charge on any atom is -0.497 e. The van der Waals surface area contributed by atoms with Gasteiger partial charge in [0.05, 0.1) is 32.4 Å². The zero-order valence-corrected chi connectivity index (χ0v) is 18.6. The Labute approximate surface area is 190 Å². The number of rotatable bonds is 5. The summed E-state index contributed by atoms with van der Waals surface area (Å²) in [6.07, 6.45) is 1.02. The molecule has 1 saturated heterocycles. The van der Waals surface area contributed by atoms with Gasteiger partial charge in [0, 0.05) is 36.9 Å². The highest BCUT2D eigenvalue weighted by atomic mass is 16.5. The van der Waals surface area contributed by atoms with Crippen LogP contribution in [-0.2, 0) is 4.74 Å². The van der Waals surface area contributed by atoms with Crippen LogP contribution in [0.4, 0.5) is 10.6 Å². The van der Waals surface area contributed by atoms with Crippen LogP contribution >= 0.6 is 0 Å². The van der Waals surface area contributed by atoms with E-state index in [1.54, 1.807) is 31.9 Å².